The van der Waals surface area contributed by atoms with Gasteiger partial charge in [0.2, 0.25) is 0 Å². The number of thiocarbonyl (C=S) groups is 1. The Morgan fingerprint density at radius 3 is 3.10 bits per heavy atom. The molecule has 2 aromatic rings. The zero-order valence-electron chi connectivity index (χ0n) is 11.1. The summed E-state index contributed by atoms with van der Waals surface area (Å²) in [6.07, 6.45) is 2.02. The van der Waals surface area contributed by atoms with Gasteiger partial charge in [-0.25, -0.2) is 19.3 Å². The highest BCUT2D eigenvalue weighted by Gasteiger charge is 2.10. The second-order valence-corrected chi connectivity index (χ2v) is 4.72. The number of anilines is 1. The molecule has 0 aromatic carbocycles. The van der Waals surface area contributed by atoms with E-state index in [0.717, 1.165) is 0 Å². The second kappa shape index (κ2) is 6.44. The maximum atomic E-state index is 11.4. The number of fused-ring (bicyclic) bond motifs is 1. The van der Waals surface area contributed by atoms with Crippen LogP contribution in [0.25, 0.3) is 5.65 Å². The molecule has 0 atom stereocenters. The van der Waals surface area contributed by atoms with Gasteiger partial charge >= 0.3 is 5.69 Å². The molecule has 0 bridgehead atoms. The Hall–Kier alpha value is -2.00. The Morgan fingerprint density at radius 1 is 1.60 bits per heavy atom. The number of ether oxygens (including phenoxy) is 1. The van der Waals surface area contributed by atoms with E-state index < -0.39 is 0 Å². The fourth-order valence-corrected chi connectivity index (χ4v) is 1.85. The van der Waals surface area contributed by atoms with E-state index in [4.69, 9.17) is 22.7 Å². The molecule has 0 aliphatic rings. The largest absolute Gasteiger partial charge is 0.393 e. The number of rotatable bonds is 7. The lowest BCUT2D eigenvalue weighted by molar-refractivity contribution is 0.205. The molecule has 108 valence electrons. The van der Waals surface area contributed by atoms with Crippen molar-refractivity contribution >= 4 is 28.7 Å². The van der Waals surface area contributed by atoms with E-state index in [0.29, 0.717) is 42.6 Å². The summed E-state index contributed by atoms with van der Waals surface area (Å²) in [5, 5.41) is 6.28. The molecular weight excluding hydrogens is 280 g/mol. The normalized spacial score (nSPS) is 10.8. The lowest BCUT2D eigenvalue weighted by Crippen LogP contribution is -2.31. The molecule has 0 spiro atoms. The van der Waals surface area contributed by atoms with Crippen LogP contribution in [0.3, 0.4) is 0 Å². The van der Waals surface area contributed by atoms with E-state index in [1.54, 1.807) is 13.2 Å². The van der Waals surface area contributed by atoms with E-state index in [1.165, 1.54) is 10.7 Å². The summed E-state index contributed by atoms with van der Waals surface area (Å²) in [5.41, 5.74) is 5.73. The van der Waals surface area contributed by atoms with Crippen LogP contribution in [0.1, 0.15) is 6.42 Å². The number of nitrogens with zero attached hydrogens (tertiary/aromatic N) is 4. The first-order valence-electron chi connectivity index (χ1n) is 6.07. The molecule has 2 rings (SSSR count). The van der Waals surface area contributed by atoms with Crippen molar-refractivity contribution in [3.63, 3.8) is 0 Å². The Bertz CT molecular complexity index is 652. The number of hydrogen-bond donors (Lipinski definition) is 2. The molecule has 2 heterocycles. The van der Waals surface area contributed by atoms with Crippen molar-refractivity contribution in [2.45, 2.75) is 6.42 Å². The smallest absolute Gasteiger partial charge is 0.348 e. The summed E-state index contributed by atoms with van der Waals surface area (Å²) < 4.78 is 6.42. The predicted octanol–water partition coefficient (Wildman–Crippen LogP) is -0.453. The average Bonchev–Trinajstić information content (AvgIpc) is 2.80. The Balaban J connectivity index is 2.24. The zero-order chi connectivity index (χ0) is 14.5. The standard InChI is InChI=1S/C11H16N6O2S/c1-19-5-4-16(3-2-8(12)20)9-6-10-14-15-11(18)17(10)7-13-9/h6-7H,2-5H2,1H3,(H2,12,20)(H,15,18). The van der Waals surface area contributed by atoms with Crippen LogP contribution in [0.5, 0.6) is 0 Å². The van der Waals surface area contributed by atoms with Gasteiger partial charge in [-0.1, -0.05) is 12.2 Å². The highest BCUT2D eigenvalue weighted by Crippen LogP contribution is 2.11. The summed E-state index contributed by atoms with van der Waals surface area (Å²) >= 11 is 4.89. The topological polar surface area (TPSA) is 102 Å². The number of hydrogen-bond acceptors (Lipinski definition) is 6. The summed E-state index contributed by atoms with van der Waals surface area (Å²) in [5.74, 6) is 0.699. The van der Waals surface area contributed by atoms with Crippen LogP contribution in [0, 0.1) is 0 Å². The van der Waals surface area contributed by atoms with Gasteiger partial charge in [0.25, 0.3) is 0 Å². The van der Waals surface area contributed by atoms with Gasteiger partial charge in [-0.15, -0.1) is 0 Å². The third-order valence-corrected chi connectivity index (χ3v) is 3.02. The molecule has 8 nitrogen and oxygen atoms in total. The SMILES string of the molecule is COCCN(CCC(N)=S)c1cc2n[nH]c(=O)n2cn1. The van der Waals surface area contributed by atoms with E-state index >= 15 is 0 Å². The van der Waals surface area contributed by atoms with Gasteiger partial charge in [-0.3, -0.25) is 0 Å². The van der Waals surface area contributed by atoms with Gasteiger partial charge in [-0.2, -0.15) is 5.10 Å². The molecule has 3 N–H and O–H groups in total. The molecule has 0 amide bonds. The van der Waals surface area contributed by atoms with Crippen LogP contribution >= 0.6 is 12.2 Å². The minimum atomic E-state index is -0.314. The Labute approximate surface area is 120 Å². The number of H-pyrrole nitrogens is 1. The average molecular weight is 296 g/mol. The number of nitrogens with one attached hydrogen (secondary N) is 1. The number of nitrogens with two attached hydrogens (primary N) is 1. The quantitative estimate of drug-likeness (QED) is 0.667. The summed E-state index contributed by atoms with van der Waals surface area (Å²) in [6.45, 7) is 1.84. The van der Waals surface area contributed by atoms with Crippen molar-refractivity contribution in [2.75, 3.05) is 31.7 Å². The number of aromatic amines is 1. The maximum absolute atomic E-state index is 11.4. The molecule has 0 fully saturated rings. The molecule has 2 aromatic heterocycles. The molecule has 0 saturated carbocycles. The molecule has 0 saturated heterocycles. The summed E-state index contributed by atoms with van der Waals surface area (Å²) in [6, 6.07) is 1.73. The molecule has 9 heteroatoms. The van der Waals surface area contributed by atoms with Crippen LogP contribution < -0.4 is 16.3 Å². The van der Waals surface area contributed by atoms with Crippen molar-refractivity contribution in [2.24, 2.45) is 5.73 Å². The van der Waals surface area contributed by atoms with Gasteiger partial charge in [0.1, 0.15) is 12.1 Å². The maximum Gasteiger partial charge on any atom is 0.348 e. The lowest BCUT2D eigenvalue weighted by atomic mass is 10.3. The van der Waals surface area contributed by atoms with Crippen molar-refractivity contribution in [3.05, 3.63) is 22.9 Å². The van der Waals surface area contributed by atoms with Gasteiger partial charge in [0.05, 0.1) is 11.6 Å². The molecule has 20 heavy (non-hydrogen) atoms. The van der Waals surface area contributed by atoms with Gasteiger partial charge in [-0.05, 0) is 0 Å². The number of methoxy groups -OCH3 is 1. The van der Waals surface area contributed by atoms with Crippen molar-refractivity contribution in [1.82, 2.24) is 19.6 Å². The fraction of sp³-hybridized carbons (Fsp3) is 0.455. The second-order valence-electron chi connectivity index (χ2n) is 4.20. The van der Waals surface area contributed by atoms with Crippen molar-refractivity contribution in [1.29, 1.82) is 0 Å². The van der Waals surface area contributed by atoms with Crippen LogP contribution in [0.15, 0.2) is 17.2 Å². The highest BCUT2D eigenvalue weighted by atomic mass is 32.1. The molecule has 0 aliphatic carbocycles. The number of aromatic nitrogens is 4. The van der Waals surface area contributed by atoms with Gasteiger partial charge < -0.3 is 15.4 Å². The molecular formula is C11H16N6O2S. The lowest BCUT2D eigenvalue weighted by Gasteiger charge is -2.23. The first kappa shape index (κ1) is 14.4. The fourth-order valence-electron chi connectivity index (χ4n) is 1.76. The molecule has 0 aliphatic heterocycles. The Morgan fingerprint density at radius 2 is 2.40 bits per heavy atom. The minimum absolute atomic E-state index is 0.314. The third kappa shape index (κ3) is 3.31. The first-order valence-corrected chi connectivity index (χ1v) is 6.47. The highest BCUT2D eigenvalue weighted by molar-refractivity contribution is 7.80. The van der Waals surface area contributed by atoms with Crippen LogP contribution in [0.4, 0.5) is 5.82 Å². The van der Waals surface area contributed by atoms with Gasteiger partial charge in [0, 0.05) is 32.7 Å². The van der Waals surface area contributed by atoms with E-state index in [1.807, 2.05) is 4.90 Å². The third-order valence-electron chi connectivity index (χ3n) is 2.81. The van der Waals surface area contributed by atoms with E-state index in [-0.39, 0.29) is 5.69 Å². The molecule has 0 unspecified atom stereocenters. The van der Waals surface area contributed by atoms with Crippen molar-refractivity contribution < 1.29 is 4.74 Å². The minimum Gasteiger partial charge on any atom is -0.393 e. The van der Waals surface area contributed by atoms with Gasteiger partial charge in [0.15, 0.2) is 5.65 Å². The van der Waals surface area contributed by atoms with E-state index in [9.17, 15) is 4.79 Å². The monoisotopic (exact) mass is 296 g/mol. The van der Waals surface area contributed by atoms with Crippen LogP contribution in [-0.4, -0.2) is 51.4 Å². The van der Waals surface area contributed by atoms with Crippen molar-refractivity contribution in [3.8, 4) is 0 Å². The first-order chi connectivity index (χ1) is 9.61. The summed E-state index contributed by atoms with van der Waals surface area (Å²) in [4.78, 5) is 18.1. The van der Waals surface area contributed by atoms with Crippen LogP contribution in [-0.2, 0) is 4.74 Å². The summed E-state index contributed by atoms with van der Waals surface area (Å²) in [7, 11) is 1.63. The molecule has 0 radical (unpaired) electrons. The van der Waals surface area contributed by atoms with E-state index in [2.05, 4.69) is 15.2 Å². The zero-order valence-corrected chi connectivity index (χ0v) is 11.9. The predicted molar refractivity (Wildman–Crippen MR) is 79.1 cm³/mol. The Kier molecular flexibility index (Phi) is 4.64. The van der Waals surface area contributed by atoms with Crippen LogP contribution in [0.2, 0.25) is 0 Å².